The maximum atomic E-state index is 12.1. The number of carbonyl (C=O) groups excluding carboxylic acids is 1. The summed E-state index contributed by atoms with van der Waals surface area (Å²) in [7, 11) is 0. The van der Waals surface area contributed by atoms with Crippen molar-refractivity contribution in [1.82, 2.24) is 10.2 Å². The molecule has 1 rings (SSSR count). The van der Waals surface area contributed by atoms with Gasteiger partial charge in [0.1, 0.15) is 0 Å². The maximum Gasteiger partial charge on any atom is 0.318 e. The summed E-state index contributed by atoms with van der Waals surface area (Å²) in [5, 5.41) is 11.6. The summed E-state index contributed by atoms with van der Waals surface area (Å²) in [5.74, 6) is -0.298. The van der Waals surface area contributed by atoms with E-state index in [1.165, 1.54) is 0 Å². The lowest BCUT2D eigenvalue weighted by Crippen LogP contribution is -2.51. The first-order chi connectivity index (χ1) is 8.21. The number of rotatable bonds is 4. The number of likely N-dealkylation sites (tertiary alicyclic amines) is 1. The van der Waals surface area contributed by atoms with Gasteiger partial charge in [-0.25, -0.2) is 4.79 Å². The number of aliphatic carboxylic acids is 1. The van der Waals surface area contributed by atoms with Gasteiger partial charge in [-0.2, -0.15) is 0 Å². The zero-order chi connectivity index (χ0) is 13.9. The molecule has 0 spiro atoms. The SMILES string of the molecule is CC1CC(C)N(C(=O)NC(C)(C)CCC(=O)O)C1. The third kappa shape index (κ3) is 4.20. The van der Waals surface area contributed by atoms with Crippen LogP contribution in [-0.4, -0.2) is 40.1 Å². The number of carboxylic acids is 1. The highest BCUT2D eigenvalue weighted by Gasteiger charge is 2.32. The zero-order valence-corrected chi connectivity index (χ0v) is 11.7. The number of carbonyl (C=O) groups is 2. The van der Waals surface area contributed by atoms with Crippen LogP contribution in [0.4, 0.5) is 4.79 Å². The molecule has 2 amide bonds. The maximum absolute atomic E-state index is 12.1. The van der Waals surface area contributed by atoms with E-state index in [0.29, 0.717) is 12.3 Å². The predicted octanol–water partition coefficient (Wildman–Crippen LogP) is 2.07. The highest BCUT2D eigenvalue weighted by molar-refractivity contribution is 5.76. The molecule has 1 fully saturated rings. The summed E-state index contributed by atoms with van der Waals surface area (Å²) in [6.45, 7) is 8.69. The molecule has 0 radical (unpaired) electrons. The molecule has 0 aliphatic carbocycles. The number of urea groups is 1. The standard InChI is InChI=1S/C13H24N2O3/c1-9-7-10(2)15(8-9)12(18)14-13(3,4)6-5-11(16)17/h9-10H,5-8H2,1-4H3,(H,14,18)(H,16,17). The van der Waals surface area contributed by atoms with Gasteiger partial charge >= 0.3 is 12.0 Å². The summed E-state index contributed by atoms with van der Waals surface area (Å²) < 4.78 is 0. The minimum Gasteiger partial charge on any atom is -0.481 e. The molecule has 1 aliphatic rings. The fraction of sp³-hybridized carbons (Fsp3) is 0.846. The van der Waals surface area contributed by atoms with Crippen molar-refractivity contribution < 1.29 is 14.7 Å². The monoisotopic (exact) mass is 256 g/mol. The molecular formula is C13H24N2O3. The highest BCUT2D eigenvalue weighted by atomic mass is 16.4. The smallest absolute Gasteiger partial charge is 0.318 e. The summed E-state index contributed by atoms with van der Waals surface area (Å²) in [4.78, 5) is 24.5. The summed E-state index contributed by atoms with van der Waals surface area (Å²) in [5.41, 5.74) is -0.485. The van der Waals surface area contributed by atoms with Crippen LogP contribution in [0.15, 0.2) is 0 Å². The quantitative estimate of drug-likeness (QED) is 0.809. The average molecular weight is 256 g/mol. The van der Waals surface area contributed by atoms with Crippen LogP contribution in [0.5, 0.6) is 0 Å². The van der Waals surface area contributed by atoms with Crippen molar-refractivity contribution in [2.24, 2.45) is 5.92 Å². The molecule has 2 unspecified atom stereocenters. The topological polar surface area (TPSA) is 69.6 Å². The fourth-order valence-corrected chi connectivity index (χ4v) is 2.43. The Kier molecular flexibility index (Phi) is 4.59. The molecule has 1 aliphatic heterocycles. The molecule has 0 saturated carbocycles. The van der Waals surface area contributed by atoms with Crippen molar-refractivity contribution in [3.8, 4) is 0 Å². The normalized spacial score (nSPS) is 24.1. The molecule has 0 aromatic rings. The van der Waals surface area contributed by atoms with E-state index >= 15 is 0 Å². The van der Waals surface area contributed by atoms with E-state index in [-0.39, 0.29) is 18.5 Å². The van der Waals surface area contributed by atoms with Gasteiger partial charge in [-0.3, -0.25) is 4.79 Å². The highest BCUT2D eigenvalue weighted by Crippen LogP contribution is 2.23. The molecule has 0 aromatic heterocycles. The van der Waals surface area contributed by atoms with Gasteiger partial charge in [-0.1, -0.05) is 6.92 Å². The van der Waals surface area contributed by atoms with E-state index in [4.69, 9.17) is 5.11 Å². The van der Waals surface area contributed by atoms with Gasteiger partial charge in [0.15, 0.2) is 0 Å². The van der Waals surface area contributed by atoms with E-state index in [2.05, 4.69) is 12.2 Å². The van der Waals surface area contributed by atoms with Crippen molar-refractivity contribution in [3.63, 3.8) is 0 Å². The van der Waals surface area contributed by atoms with Crippen LogP contribution >= 0.6 is 0 Å². The largest absolute Gasteiger partial charge is 0.481 e. The molecule has 0 bridgehead atoms. The minimum atomic E-state index is -0.833. The van der Waals surface area contributed by atoms with Gasteiger partial charge in [-0.15, -0.1) is 0 Å². The molecule has 2 N–H and O–H groups in total. The first-order valence-electron chi connectivity index (χ1n) is 6.52. The number of amides is 2. The van der Waals surface area contributed by atoms with Crippen LogP contribution in [0.3, 0.4) is 0 Å². The van der Waals surface area contributed by atoms with Gasteiger partial charge in [0.2, 0.25) is 0 Å². The lowest BCUT2D eigenvalue weighted by atomic mass is 9.99. The van der Waals surface area contributed by atoms with Crippen molar-refractivity contribution in [1.29, 1.82) is 0 Å². The second-order valence-corrected chi connectivity index (χ2v) is 6.05. The second kappa shape index (κ2) is 5.59. The Hall–Kier alpha value is -1.26. The zero-order valence-electron chi connectivity index (χ0n) is 11.7. The number of hydrogen-bond acceptors (Lipinski definition) is 2. The Morgan fingerprint density at radius 2 is 2.00 bits per heavy atom. The van der Waals surface area contributed by atoms with Crippen LogP contribution in [0, 0.1) is 5.92 Å². The number of carboxylic acid groups (broad SMARTS) is 1. The molecule has 5 heteroatoms. The first-order valence-corrected chi connectivity index (χ1v) is 6.52. The van der Waals surface area contributed by atoms with E-state index in [1.807, 2.05) is 25.7 Å². The van der Waals surface area contributed by atoms with E-state index in [9.17, 15) is 9.59 Å². The summed E-state index contributed by atoms with van der Waals surface area (Å²) >= 11 is 0. The fourth-order valence-electron chi connectivity index (χ4n) is 2.43. The minimum absolute atomic E-state index is 0.0687. The van der Waals surface area contributed by atoms with Gasteiger partial charge in [0, 0.05) is 24.5 Å². The molecule has 1 heterocycles. The van der Waals surface area contributed by atoms with Crippen LogP contribution in [0.2, 0.25) is 0 Å². The van der Waals surface area contributed by atoms with Gasteiger partial charge in [-0.05, 0) is 39.5 Å². The number of nitrogens with zero attached hydrogens (tertiary/aromatic N) is 1. The molecule has 5 nitrogen and oxygen atoms in total. The third-order valence-corrected chi connectivity index (χ3v) is 3.45. The molecular weight excluding hydrogens is 232 g/mol. The van der Waals surface area contributed by atoms with Crippen LogP contribution in [-0.2, 0) is 4.79 Å². The Labute approximate surface area is 109 Å². The van der Waals surface area contributed by atoms with Gasteiger partial charge in [0.25, 0.3) is 0 Å². The summed E-state index contributed by atoms with van der Waals surface area (Å²) in [6, 6.07) is 0.178. The van der Waals surface area contributed by atoms with Crippen molar-refractivity contribution >= 4 is 12.0 Å². The molecule has 0 aromatic carbocycles. The van der Waals surface area contributed by atoms with Crippen molar-refractivity contribution in [3.05, 3.63) is 0 Å². The second-order valence-electron chi connectivity index (χ2n) is 6.05. The van der Waals surface area contributed by atoms with Gasteiger partial charge in [0.05, 0.1) is 0 Å². The van der Waals surface area contributed by atoms with E-state index in [1.54, 1.807) is 0 Å². The Morgan fingerprint density at radius 3 is 2.44 bits per heavy atom. The third-order valence-electron chi connectivity index (χ3n) is 3.45. The summed E-state index contributed by atoms with van der Waals surface area (Å²) in [6.07, 6.45) is 1.54. The Bertz CT molecular complexity index is 328. The first kappa shape index (κ1) is 14.8. The number of hydrogen-bond donors (Lipinski definition) is 2. The van der Waals surface area contributed by atoms with E-state index < -0.39 is 11.5 Å². The van der Waals surface area contributed by atoms with Crippen LogP contribution < -0.4 is 5.32 Å². The average Bonchev–Trinajstić information content (AvgIpc) is 2.54. The number of nitrogens with one attached hydrogen (secondary N) is 1. The van der Waals surface area contributed by atoms with Gasteiger partial charge < -0.3 is 15.3 Å². The Balaban J connectivity index is 2.50. The Morgan fingerprint density at radius 1 is 1.39 bits per heavy atom. The molecule has 104 valence electrons. The molecule has 2 atom stereocenters. The lowest BCUT2D eigenvalue weighted by Gasteiger charge is -2.30. The van der Waals surface area contributed by atoms with E-state index in [0.717, 1.165) is 13.0 Å². The predicted molar refractivity (Wildman–Crippen MR) is 69.4 cm³/mol. The molecule has 1 saturated heterocycles. The lowest BCUT2D eigenvalue weighted by molar-refractivity contribution is -0.137. The van der Waals surface area contributed by atoms with Crippen LogP contribution in [0.1, 0.15) is 47.0 Å². The van der Waals surface area contributed by atoms with Crippen molar-refractivity contribution in [2.45, 2.75) is 58.5 Å². The molecule has 18 heavy (non-hydrogen) atoms. The van der Waals surface area contributed by atoms with Crippen LogP contribution in [0.25, 0.3) is 0 Å². The van der Waals surface area contributed by atoms with Crippen molar-refractivity contribution in [2.75, 3.05) is 6.54 Å².